The molecule has 84 valence electrons. The van der Waals surface area contributed by atoms with Gasteiger partial charge >= 0.3 is 0 Å². The summed E-state index contributed by atoms with van der Waals surface area (Å²) in [5.41, 5.74) is 7.11. The largest absolute Gasteiger partial charge is 0.321 e. The van der Waals surface area contributed by atoms with Crippen LogP contribution in [0.3, 0.4) is 0 Å². The van der Waals surface area contributed by atoms with E-state index in [-0.39, 0.29) is 6.04 Å². The fourth-order valence-corrected chi connectivity index (χ4v) is 1.72. The smallest absolute Gasteiger partial charge is 0.154 e. The van der Waals surface area contributed by atoms with Crippen LogP contribution in [0.5, 0.6) is 0 Å². The van der Waals surface area contributed by atoms with Crippen LogP contribution in [-0.4, -0.2) is 14.8 Å². The molecule has 0 aliphatic carbocycles. The molecule has 2 aromatic rings. The molecule has 0 bridgehead atoms. The number of para-hydroxylation sites is 1. The highest BCUT2D eigenvalue weighted by molar-refractivity contribution is 5.32. The van der Waals surface area contributed by atoms with Crippen LogP contribution in [-0.2, 0) is 0 Å². The summed E-state index contributed by atoms with van der Waals surface area (Å²) in [5, 5.41) is 8.03. The topological polar surface area (TPSA) is 56.7 Å². The zero-order valence-electron chi connectivity index (χ0n) is 9.37. The maximum Gasteiger partial charge on any atom is 0.154 e. The molecule has 4 nitrogen and oxygen atoms in total. The van der Waals surface area contributed by atoms with Crippen LogP contribution >= 0.6 is 0 Å². The van der Waals surface area contributed by atoms with Gasteiger partial charge in [-0.05, 0) is 18.6 Å². The molecule has 1 atom stereocenters. The van der Waals surface area contributed by atoms with Crippen molar-refractivity contribution < 1.29 is 0 Å². The van der Waals surface area contributed by atoms with E-state index in [0.717, 1.165) is 24.4 Å². The molecule has 0 saturated heterocycles. The fourth-order valence-electron chi connectivity index (χ4n) is 1.72. The van der Waals surface area contributed by atoms with Gasteiger partial charge in [0, 0.05) is 5.69 Å². The van der Waals surface area contributed by atoms with Crippen molar-refractivity contribution in [1.29, 1.82) is 0 Å². The molecule has 1 aromatic carbocycles. The zero-order valence-corrected chi connectivity index (χ0v) is 9.37. The molecule has 0 aliphatic heterocycles. The Morgan fingerprint density at radius 2 is 2.06 bits per heavy atom. The maximum atomic E-state index is 6.06. The number of hydrogen-bond donors (Lipinski definition) is 1. The third-order valence-corrected chi connectivity index (χ3v) is 2.54. The second-order valence-electron chi connectivity index (χ2n) is 3.79. The number of benzene rings is 1. The molecule has 0 saturated carbocycles. The molecule has 0 unspecified atom stereocenters. The van der Waals surface area contributed by atoms with Crippen molar-refractivity contribution in [3.8, 4) is 5.69 Å². The normalized spacial score (nSPS) is 12.6. The van der Waals surface area contributed by atoms with Crippen LogP contribution in [0.2, 0.25) is 0 Å². The van der Waals surface area contributed by atoms with Gasteiger partial charge in [0.05, 0.1) is 6.04 Å². The van der Waals surface area contributed by atoms with E-state index >= 15 is 0 Å². The van der Waals surface area contributed by atoms with Gasteiger partial charge < -0.3 is 5.73 Å². The number of aromatic nitrogens is 3. The van der Waals surface area contributed by atoms with Gasteiger partial charge in [0.25, 0.3) is 0 Å². The fraction of sp³-hybridized carbons (Fsp3) is 0.333. The molecule has 4 heteroatoms. The van der Waals surface area contributed by atoms with Gasteiger partial charge in [-0.2, -0.15) is 0 Å². The average Bonchev–Trinajstić information content (AvgIpc) is 2.79. The van der Waals surface area contributed by atoms with E-state index in [4.69, 9.17) is 5.73 Å². The summed E-state index contributed by atoms with van der Waals surface area (Å²) in [6, 6.07) is 9.96. The average molecular weight is 216 g/mol. The predicted molar refractivity (Wildman–Crippen MR) is 63.2 cm³/mol. The van der Waals surface area contributed by atoms with E-state index in [2.05, 4.69) is 17.1 Å². The summed E-state index contributed by atoms with van der Waals surface area (Å²) in [4.78, 5) is 0. The minimum Gasteiger partial charge on any atom is -0.321 e. The van der Waals surface area contributed by atoms with E-state index in [1.807, 2.05) is 34.9 Å². The molecule has 2 N–H and O–H groups in total. The second-order valence-corrected chi connectivity index (χ2v) is 3.79. The third-order valence-electron chi connectivity index (χ3n) is 2.54. The lowest BCUT2D eigenvalue weighted by Gasteiger charge is -2.11. The first-order valence-corrected chi connectivity index (χ1v) is 5.54. The Kier molecular flexibility index (Phi) is 3.31. The minimum atomic E-state index is -0.0484. The summed E-state index contributed by atoms with van der Waals surface area (Å²) in [5.74, 6) is 0.827. The summed E-state index contributed by atoms with van der Waals surface area (Å²) in [6.45, 7) is 2.11. The van der Waals surface area contributed by atoms with Gasteiger partial charge in [0.15, 0.2) is 5.82 Å². The lowest BCUT2D eigenvalue weighted by atomic mass is 10.1. The Morgan fingerprint density at radius 1 is 1.31 bits per heavy atom. The first-order valence-electron chi connectivity index (χ1n) is 5.54. The van der Waals surface area contributed by atoms with E-state index in [0.29, 0.717) is 0 Å². The van der Waals surface area contributed by atoms with Gasteiger partial charge in [-0.15, -0.1) is 10.2 Å². The SMILES string of the molecule is CCC[C@H](N)c1nncn1-c1ccccc1. The standard InChI is InChI=1S/C12H16N4/c1-2-6-11(13)12-15-14-9-16(12)10-7-4-3-5-8-10/h3-5,7-9,11H,2,6,13H2,1H3/t11-/m0/s1. The number of nitrogens with zero attached hydrogens (tertiary/aromatic N) is 3. The Labute approximate surface area is 95.1 Å². The highest BCUT2D eigenvalue weighted by Crippen LogP contribution is 2.16. The summed E-state index contributed by atoms with van der Waals surface area (Å²) < 4.78 is 1.94. The van der Waals surface area contributed by atoms with E-state index < -0.39 is 0 Å². The monoisotopic (exact) mass is 216 g/mol. The molecule has 16 heavy (non-hydrogen) atoms. The van der Waals surface area contributed by atoms with Crippen molar-refractivity contribution in [2.24, 2.45) is 5.73 Å². The summed E-state index contributed by atoms with van der Waals surface area (Å²) in [7, 11) is 0. The van der Waals surface area contributed by atoms with Crippen LogP contribution in [0.25, 0.3) is 5.69 Å². The Bertz CT molecular complexity index is 435. The molecule has 0 amide bonds. The second kappa shape index (κ2) is 4.90. The van der Waals surface area contributed by atoms with E-state index in [1.54, 1.807) is 6.33 Å². The molecule has 0 aliphatic rings. The van der Waals surface area contributed by atoms with Crippen molar-refractivity contribution in [3.63, 3.8) is 0 Å². The van der Waals surface area contributed by atoms with Gasteiger partial charge in [0.2, 0.25) is 0 Å². The molecular formula is C12H16N4. The minimum absolute atomic E-state index is 0.0484. The first-order chi connectivity index (χ1) is 7.83. The predicted octanol–water partition coefficient (Wildman–Crippen LogP) is 2.07. The van der Waals surface area contributed by atoms with Crippen LogP contribution < -0.4 is 5.73 Å². The first kappa shape index (κ1) is 10.8. The number of hydrogen-bond acceptors (Lipinski definition) is 3. The third kappa shape index (κ3) is 2.12. The van der Waals surface area contributed by atoms with Crippen LogP contribution in [0.4, 0.5) is 0 Å². The Hall–Kier alpha value is -1.68. The van der Waals surface area contributed by atoms with Crippen molar-refractivity contribution in [2.75, 3.05) is 0 Å². The van der Waals surface area contributed by atoms with E-state index in [9.17, 15) is 0 Å². The molecule has 0 spiro atoms. The summed E-state index contributed by atoms with van der Waals surface area (Å²) >= 11 is 0. The van der Waals surface area contributed by atoms with Crippen molar-refractivity contribution in [1.82, 2.24) is 14.8 Å². The molecular weight excluding hydrogens is 200 g/mol. The van der Waals surface area contributed by atoms with Gasteiger partial charge in [0.1, 0.15) is 6.33 Å². The van der Waals surface area contributed by atoms with Gasteiger partial charge in [-0.3, -0.25) is 4.57 Å². The molecule has 0 radical (unpaired) electrons. The van der Waals surface area contributed by atoms with Crippen LogP contribution in [0.15, 0.2) is 36.7 Å². The molecule has 0 fully saturated rings. The van der Waals surface area contributed by atoms with Gasteiger partial charge in [-0.1, -0.05) is 31.5 Å². The van der Waals surface area contributed by atoms with Crippen LogP contribution in [0.1, 0.15) is 31.6 Å². The quantitative estimate of drug-likeness (QED) is 0.851. The van der Waals surface area contributed by atoms with Crippen molar-refractivity contribution >= 4 is 0 Å². The number of nitrogens with two attached hydrogens (primary N) is 1. The molecule has 1 aromatic heterocycles. The van der Waals surface area contributed by atoms with Gasteiger partial charge in [-0.25, -0.2) is 0 Å². The van der Waals surface area contributed by atoms with Crippen molar-refractivity contribution in [3.05, 3.63) is 42.5 Å². The summed E-state index contributed by atoms with van der Waals surface area (Å²) in [6.07, 6.45) is 3.68. The number of rotatable bonds is 4. The van der Waals surface area contributed by atoms with Crippen molar-refractivity contribution in [2.45, 2.75) is 25.8 Å². The molecule has 1 heterocycles. The lowest BCUT2D eigenvalue weighted by Crippen LogP contribution is -2.15. The Balaban J connectivity index is 2.33. The van der Waals surface area contributed by atoms with Crippen LogP contribution in [0, 0.1) is 0 Å². The maximum absolute atomic E-state index is 6.06. The van der Waals surface area contributed by atoms with E-state index in [1.165, 1.54) is 0 Å². The zero-order chi connectivity index (χ0) is 11.4. The Morgan fingerprint density at radius 3 is 2.75 bits per heavy atom. The highest BCUT2D eigenvalue weighted by atomic mass is 15.3. The highest BCUT2D eigenvalue weighted by Gasteiger charge is 2.13. The molecule has 2 rings (SSSR count). The lowest BCUT2D eigenvalue weighted by molar-refractivity contribution is 0.591.